The third-order valence-corrected chi connectivity index (χ3v) is 3.53. The van der Waals surface area contributed by atoms with Gasteiger partial charge in [-0.2, -0.15) is 4.98 Å². The smallest absolute Gasteiger partial charge is 0.289 e. The Kier molecular flexibility index (Phi) is 4.50. The number of amides is 1. The number of aromatic nitrogens is 2. The van der Waals surface area contributed by atoms with Gasteiger partial charge in [0, 0.05) is 33.3 Å². The minimum absolute atomic E-state index is 0.0633. The zero-order valence-electron chi connectivity index (χ0n) is 12.4. The topological polar surface area (TPSA) is 84.8 Å². The summed E-state index contributed by atoms with van der Waals surface area (Å²) in [5.74, 6) is 1.43. The van der Waals surface area contributed by atoms with E-state index in [4.69, 9.17) is 13.7 Å². The number of hydrogen-bond acceptors (Lipinski definition) is 7. The van der Waals surface area contributed by atoms with E-state index in [2.05, 4.69) is 15.0 Å². The average molecular weight is 306 g/mol. The molecule has 0 saturated carbocycles. The number of carbonyl (C=O) groups excluding carboxylic acids is 1. The van der Waals surface area contributed by atoms with Gasteiger partial charge >= 0.3 is 0 Å². The van der Waals surface area contributed by atoms with Gasteiger partial charge in [0.05, 0.1) is 12.8 Å². The normalized spacial score (nSPS) is 16.1. The maximum atomic E-state index is 12.2. The van der Waals surface area contributed by atoms with E-state index in [1.54, 1.807) is 24.1 Å². The molecule has 1 amide bonds. The monoisotopic (exact) mass is 306 g/mol. The van der Waals surface area contributed by atoms with Crippen LogP contribution in [0.2, 0.25) is 0 Å². The summed E-state index contributed by atoms with van der Waals surface area (Å²) in [6, 6.07) is 3.41. The first-order valence-corrected chi connectivity index (χ1v) is 7.12. The molecule has 1 saturated heterocycles. The van der Waals surface area contributed by atoms with Gasteiger partial charge < -0.3 is 18.6 Å². The van der Waals surface area contributed by atoms with E-state index in [0.717, 1.165) is 13.1 Å². The van der Waals surface area contributed by atoms with Crippen LogP contribution < -0.4 is 0 Å². The van der Waals surface area contributed by atoms with Crippen LogP contribution in [-0.2, 0) is 17.9 Å². The standard InChI is InChI=1S/C14H18N4O4/c1-20-10-13-15-12(16-22-13)9-17-4-6-18(7-5-17)14(19)11-3-2-8-21-11/h2-3,8H,4-7,9-10H2,1H3. The van der Waals surface area contributed by atoms with E-state index < -0.39 is 0 Å². The molecule has 0 aromatic carbocycles. The van der Waals surface area contributed by atoms with Gasteiger partial charge in [0.1, 0.15) is 6.61 Å². The number of ether oxygens (including phenoxy) is 1. The summed E-state index contributed by atoms with van der Waals surface area (Å²) >= 11 is 0. The second-order valence-electron chi connectivity index (χ2n) is 5.08. The SMILES string of the molecule is COCc1nc(CN2CCN(C(=O)c3ccco3)CC2)no1. The van der Waals surface area contributed by atoms with Crippen molar-refractivity contribution in [3.05, 3.63) is 35.9 Å². The minimum atomic E-state index is -0.0633. The molecule has 0 atom stereocenters. The molecular formula is C14H18N4O4. The van der Waals surface area contributed by atoms with Crippen LogP contribution in [0.3, 0.4) is 0 Å². The predicted molar refractivity (Wildman–Crippen MR) is 74.9 cm³/mol. The van der Waals surface area contributed by atoms with Gasteiger partial charge in [-0.25, -0.2) is 0 Å². The van der Waals surface area contributed by atoms with Crippen molar-refractivity contribution in [3.63, 3.8) is 0 Å². The van der Waals surface area contributed by atoms with Crippen molar-refractivity contribution in [2.75, 3.05) is 33.3 Å². The predicted octanol–water partition coefficient (Wildman–Crippen LogP) is 0.767. The molecule has 8 nitrogen and oxygen atoms in total. The highest BCUT2D eigenvalue weighted by atomic mass is 16.5. The first-order chi connectivity index (χ1) is 10.8. The van der Waals surface area contributed by atoms with Crippen LogP contribution >= 0.6 is 0 Å². The molecule has 118 valence electrons. The summed E-state index contributed by atoms with van der Waals surface area (Å²) in [4.78, 5) is 20.4. The Labute approximate surface area is 127 Å². The van der Waals surface area contributed by atoms with Crippen molar-refractivity contribution in [1.82, 2.24) is 19.9 Å². The highest BCUT2D eigenvalue weighted by molar-refractivity contribution is 5.91. The third-order valence-electron chi connectivity index (χ3n) is 3.53. The summed E-state index contributed by atoms with van der Waals surface area (Å²) in [5, 5.41) is 3.92. The number of rotatable bonds is 5. The van der Waals surface area contributed by atoms with Gasteiger partial charge in [0.25, 0.3) is 11.8 Å². The van der Waals surface area contributed by atoms with Crippen molar-refractivity contribution >= 4 is 5.91 Å². The number of carbonyl (C=O) groups is 1. The average Bonchev–Trinajstić information content (AvgIpc) is 3.20. The zero-order chi connectivity index (χ0) is 15.4. The summed E-state index contributed by atoms with van der Waals surface area (Å²) in [6.07, 6.45) is 1.51. The molecule has 0 radical (unpaired) electrons. The first-order valence-electron chi connectivity index (χ1n) is 7.12. The summed E-state index contributed by atoms with van der Waals surface area (Å²) in [7, 11) is 1.58. The third kappa shape index (κ3) is 3.34. The molecule has 0 N–H and O–H groups in total. The van der Waals surface area contributed by atoms with Gasteiger partial charge in [-0.3, -0.25) is 9.69 Å². The molecule has 3 rings (SSSR count). The van der Waals surface area contributed by atoms with Crippen LogP contribution in [0.1, 0.15) is 22.3 Å². The minimum Gasteiger partial charge on any atom is -0.459 e. The number of nitrogens with zero attached hydrogens (tertiary/aromatic N) is 4. The number of hydrogen-bond donors (Lipinski definition) is 0. The molecule has 0 unspecified atom stereocenters. The van der Waals surface area contributed by atoms with Crippen molar-refractivity contribution in [1.29, 1.82) is 0 Å². The number of furan rings is 1. The summed E-state index contributed by atoms with van der Waals surface area (Å²) < 4.78 is 15.2. The van der Waals surface area contributed by atoms with Gasteiger partial charge in [0.2, 0.25) is 0 Å². The lowest BCUT2D eigenvalue weighted by Gasteiger charge is -2.33. The molecule has 0 spiro atoms. The van der Waals surface area contributed by atoms with Crippen LogP contribution in [0.5, 0.6) is 0 Å². The fourth-order valence-corrected chi connectivity index (χ4v) is 2.40. The Morgan fingerprint density at radius 1 is 1.36 bits per heavy atom. The van der Waals surface area contributed by atoms with Crippen LogP contribution in [0.25, 0.3) is 0 Å². The Morgan fingerprint density at radius 3 is 2.86 bits per heavy atom. The molecule has 2 aromatic heterocycles. The lowest BCUT2D eigenvalue weighted by atomic mass is 10.3. The lowest BCUT2D eigenvalue weighted by Crippen LogP contribution is -2.48. The lowest BCUT2D eigenvalue weighted by molar-refractivity contribution is 0.0594. The molecule has 3 heterocycles. The zero-order valence-corrected chi connectivity index (χ0v) is 12.4. The van der Waals surface area contributed by atoms with Crippen LogP contribution in [0.15, 0.2) is 27.3 Å². The Hall–Kier alpha value is -2.19. The second-order valence-corrected chi connectivity index (χ2v) is 5.08. The molecular weight excluding hydrogens is 288 g/mol. The van der Waals surface area contributed by atoms with E-state index >= 15 is 0 Å². The largest absolute Gasteiger partial charge is 0.459 e. The van der Waals surface area contributed by atoms with Crippen molar-refractivity contribution in [3.8, 4) is 0 Å². The van der Waals surface area contributed by atoms with Crippen LogP contribution in [-0.4, -0.2) is 59.1 Å². The Bertz CT molecular complexity index is 602. The number of piperazine rings is 1. The van der Waals surface area contributed by atoms with E-state index in [0.29, 0.717) is 43.7 Å². The van der Waals surface area contributed by atoms with Crippen molar-refractivity contribution < 1.29 is 18.5 Å². The fourth-order valence-electron chi connectivity index (χ4n) is 2.40. The number of methoxy groups -OCH3 is 1. The van der Waals surface area contributed by atoms with Gasteiger partial charge in [0.15, 0.2) is 11.6 Å². The highest BCUT2D eigenvalue weighted by Gasteiger charge is 2.24. The molecule has 0 bridgehead atoms. The van der Waals surface area contributed by atoms with Gasteiger partial charge in [-0.15, -0.1) is 0 Å². The van der Waals surface area contributed by atoms with E-state index in [-0.39, 0.29) is 5.91 Å². The van der Waals surface area contributed by atoms with Gasteiger partial charge in [-0.1, -0.05) is 5.16 Å². The molecule has 1 fully saturated rings. The fraction of sp³-hybridized carbons (Fsp3) is 0.500. The molecule has 1 aliphatic heterocycles. The van der Waals surface area contributed by atoms with Gasteiger partial charge in [-0.05, 0) is 12.1 Å². The Morgan fingerprint density at radius 2 is 2.18 bits per heavy atom. The van der Waals surface area contributed by atoms with E-state index in [1.165, 1.54) is 6.26 Å². The Balaban J connectivity index is 1.50. The van der Waals surface area contributed by atoms with Crippen LogP contribution in [0, 0.1) is 0 Å². The van der Waals surface area contributed by atoms with Crippen LogP contribution in [0.4, 0.5) is 0 Å². The second kappa shape index (κ2) is 6.71. The maximum Gasteiger partial charge on any atom is 0.289 e. The van der Waals surface area contributed by atoms with Crippen molar-refractivity contribution in [2.45, 2.75) is 13.2 Å². The molecule has 0 aliphatic carbocycles. The molecule has 8 heteroatoms. The molecule has 2 aromatic rings. The summed E-state index contributed by atoms with van der Waals surface area (Å²) in [6.45, 7) is 3.76. The maximum absolute atomic E-state index is 12.2. The van der Waals surface area contributed by atoms with Crippen molar-refractivity contribution in [2.24, 2.45) is 0 Å². The summed E-state index contributed by atoms with van der Waals surface area (Å²) in [5.41, 5.74) is 0. The quantitative estimate of drug-likeness (QED) is 0.806. The molecule has 1 aliphatic rings. The highest BCUT2D eigenvalue weighted by Crippen LogP contribution is 2.11. The first kappa shape index (κ1) is 14.7. The van der Waals surface area contributed by atoms with E-state index in [9.17, 15) is 4.79 Å². The molecule has 22 heavy (non-hydrogen) atoms. The van der Waals surface area contributed by atoms with E-state index in [1.807, 2.05) is 0 Å².